The predicted molar refractivity (Wildman–Crippen MR) is 136 cm³/mol. The molecule has 0 radical (unpaired) electrons. The lowest BCUT2D eigenvalue weighted by molar-refractivity contribution is -0.113. The molecule has 5 aromatic rings. The van der Waals surface area contributed by atoms with Crippen molar-refractivity contribution in [2.45, 2.75) is 25.5 Å². The van der Waals surface area contributed by atoms with E-state index in [4.69, 9.17) is 4.42 Å². The van der Waals surface area contributed by atoms with E-state index in [2.05, 4.69) is 26.7 Å². The Bertz CT molecular complexity index is 1440. The Balaban J connectivity index is 1.35. The zero-order valence-electron chi connectivity index (χ0n) is 19.4. The van der Waals surface area contributed by atoms with Gasteiger partial charge in [-0.15, -0.1) is 10.2 Å². The van der Waals surface area contributed by atoms with E-state index in [0.717, 1.165) is 34.1 Å². The minimum absolute atomic E-state index is 0.156. The number of rotatable bonds is 8. The van der Waals surface area contributed by atoms with Crippen molar-refractivity contribution >= 4 is 23.5 Å². The first-order valence-electron chi connectivity index (χ1n) is 11.1. The molecule has 8 nitrogen and oxygen atoms in total. The molecule has 176 valence electrons. The van der Waals surface area contributed by atoms with Crippen molar-refractivity contribution in [3.8, 4) is 17.1 Å². The van der Waals surface area contributed by atoms with Crippen molar-refractivity contribution in [3.05, 3.63) is 96.1 Å². The van der Waals surface area contributed by atoms with Crippen LogP contribution in [0.15, 0.2) is 88.6 Å². The zero-order valence-corrected chi connectivity index (χ0v) is 20.2. The van der Waals surface area contributed by atoms with E-state index < -0.39 is 0 Å². The van der Waals surface area contributed by atoms with Gasteiger partial charge in [0.25, 0.3) is 0 Å². The molecule has 0 fully saturated rings. The summed E-state index contributed by atoms with van der Waals surface area (Å²) in [6.07, 6.45) is 1.64. The van der Waals surface area contributed by atoms with Crippen molar-refractivity contribution in [1.82, 2.24) is 24.5 Å². The summed E-state index contributed by atoms with van der Waals surface area (Å²) in [5.41, 5.74) is 3.79. The number of thioether (sulfide) groups is 1. The summed E-state index contributed by atoms with van der Waals surface area (Å²) in [5.74, 6) is 2.15. The van der Waals surface area contributed by atoms with Crippen LogP contribution in [0.1, 0.15) is 17.0 Å². The number of benzene rings is 2. The number of anilines is 1. The third-order valence-corrected chi connectivity index (χ3v) is 6.29. The minimum atomic E-state index is -0.156. The van der Waals surface area contributed by atoms with Crippen LogP contribution in [-0.2, 0) is 11.3 Å². The van der Waals surface area contributed by atoms with Gasteiger partial charge in [0.2, 0.25) is 5.91 Å². The molecule has 0 saturated carbocycles. The van der Waals surface area contributed by atoms with Crippen LogP contribution in [0.4, 0.5) is 5.82 Å². The lowest BCUT2D eigenvalue weighted by Gasteiger charge is -2.10. The number of hydrogen-bond acceptors (Lipinski definition) is 6. The largest absolute Gasteiger partial charge is 0.467 e. The molecule has 5 rings (SSSR count). The summed E-state index contributed by atoms with van der Waals surface area (Å²) >= 11 is 1.33. The number of hydrogen-bond donors (Lipinski definition) is 1. The van der Waals surface area contributed by atoms with Gasteiger partial charge in [0.05, 0.1) is 29.9 Å². The van der Waals surface area contributed by atoms with E-state index >= 15 is 0 Å². The molecule has 0 aliphatic rings. The van der Waals surface area contributed by atoms with Crippen LogP contribution >= 0.6 is 11.8 Å². The first-order chi connectivity index (χ1) is 17.1. The van der Waals surface area contributed by atoms with Crippen molar-refractivity contribution in [2.75, 3.05) is 11.1 Å². The van der Waals surface area contributed by atoms with Gasteiger partial charge in [-0.2, -0.15) is 5.10 Å². The SMILES string of the molecule is Cc1cccc(-c2nnc(SCC(=O)Nc3cc(C)nn3-c3ccccc3)n2Cc2ccco2)c1. The van der Waals surface area contributed by atoms with Crippen molar-refractivity contribution < 1.29 is 9.21 Å². The molecule has 2 aromatic carbocycles. The standard InChI is InChI=1S/C26H24N6O2S/c1-18-8-6-9-20(14-18)25-28-29-26(31(25)16-22-12-7-13-34-22)35-17-24(33)27-23-15-19(2)30-32(23)21-10-4-3-5-11-21/h3-15H,16-17H2,1-2H3,(H,27,33). The summed E-state index contributed by atoms with van der Waals surface area (Å²) in [6.45, 7) is 4.40. The number of nitrogens with one attached hydrogen (secondary N) is 1. The molecule has 3 heterocycles. The molecular weight excluding hydrogens is 460 g/mol. The molecule has 0 spiro atoms. The average molecular weight is 485 g/mol. The fourth-order valence-corrected chi connectivity index (χ4v) is 4.50. The summed E-state index contributed by atoms with van der Waals surface area (Å²) in [7, 11) is 0. The van der Waals surface area contributed by atoms with Gasteiger partial charge in [-0.05, 0) is 44.2 Å². The lowest BCUT2D eigenvalue weighted by atomic mass is 10.1. The first kappa shape index (κ1) is 22.7. The van der Waals surface area contributed by atoms with E-state index in [1.165, 1.54) is 11.8 Å². The maximum atomic E-state index is 12.9. The maximum absolute atomic E-state index is 12.9. The monoisotopic (exact) mass is 484 g/mol. The van der Waals surface area contributed by atoms with Gasteiger partial charge >= 0.3 is 0 Å². The van der Waals surface area contributed by atoms with Crippen molar-refractivity contribution in [1.29, 1.82) is 0 Å². The van der Waals surface area contributed by atoms with E-state index in [0.29, 0.717) is 17.5 Å². The van der Waals surface area contributed by atoms with Gasteiger partial charge in [0, 0.05) is 11.6 Å². The Labute approximate surface area is 207 Å². The molecular formula is C26H24N6O2S. The number of carbonyl (C=O) groups is 1. The molecule has 0 aliphatic heterocycles. The number of nitrogens with zero attached hydrogens (tertiary/aromatic N) is 5. The van der Waals surface area contributed by atoms with Crippen LogP contribution in [0.3, 0.4) is 0 Å². The number of aromatic nitrogens is 5. The topological polar surface area (TPSA) is 90.8 Å². The first-order valence-corrected chi connectivity index (χ1v) is 12.1. The molecule has 1 amide bonds. The van der Waals surface area contributed by atoms with Crippen LogP contribution in [0.25, 0.3) is 17.1 Å². The van der Waals surface area contributed by atoms with E-state index in [-0.39, 0.29) is 11.7 Å². The highest BCUT2D eigenvalue weighted by atomic mass is 32.2. The van der Waals surface area contributed by atoms with E-state index in [9.17, 15) is 4.79 Å². The maximum Gasteiger partial charge on any atom is 0.236 e. The fraction of sp³-hybridized carbons (Fsp3) is 0.154. The van der Waals surface area contributed by atoms with Gasteiger partial charge in [0.1, 0.15) is 11.6 Å². The van der Waals surface area contributed by atoms with Crippen LogP contribution in [0, 0.1) is 13.8 Å². The number of para-hydroxylation sites is 1. The van der Waals surface area contributed by atoms with Gasteiger partial charge in [-0.1, -0.05) is 53.7 Å². The zero-order chi connectivity index (χ0) is 24.2. The van der Waals surface area contributed by atoms with Crippen molar-refractivity contribution in [2.24, 2.45) is 0 Å². The number of furan rings is 1. The molecule has 0 atom stereocenters. The molecule has 0 saturated heterocycles. The highest BCUT2D eigenvalue weighted by Gasteiger charge is 2.18. The molecule has 0 unspecified atom stereocenters. The third-order valence-electron chi connectivity index (χ3n) is 5.32. The quantitative estimate of drug-likeness (QED) is 0.308. The second-order valence-electron chi connectivity index (χ2n) is 8.10. The average Bonchev–Trinajstić information content (AvgIpc) is 3.59. The Morgan fingerprint density at radius 2 is 1.86 bits per heavy atom. The van der Waals surface area contributed by atoms with Crippen LogP contribution in [-0.4, -0.2) is 36.2 Å². The smallest absolute Gasteiger partial charge is 0.236 e. The molecule has 35 heavy (non-hydrogen) atoms. The Hall–Kier alpha value is -4.11. The summed E-state index contributed by atoms with van der Waals surface area (Å²) in [5, 5.41) is 16.9. The third kappa shape index (κ3) is 5.20. The van der Waals surface area contributed by atoms with Gasteiger partial charge in [-0.3, -0.25) is 9.36 Å². The number of aryl methyl sites for hydroxylation is 2. The molecule has 9 heteroatoms. The van der Waals surface area contributed by atoms with E-state index in [1.807, 2.05) is 85.1 Å². The second kappa shape index (κ2) is 10.0. The minimum Gasteiger partial charge on any atom is -0.467 e. The number of carbonyl (C=O) groups excluding carboxylic acids is 1. The molecule has 0 bridgehead atoms. The van der Waals surface area contributed by atoms with Gasteiger partial charge in [0.15, 0.2) is 11.0 Å². The van der Waals surface area contributed by atoms with Gasteiger partial charge < -0.3 is 9.73 Å². The summed E-state index contributed by atoms with van der Waals surface area (Å²) in [6, 6.07) is 23.4. The Morgan fingerprint density at radius 1 is 1.00 bits per heavy atom. The molecule has 1 N–H and O–H groups in total. The summed E-state index contributed by atoms with van der Waals surface area (Å²) < 4.78 is 9.27. The van der Waals surface area contributed by atoms with E-state index in [1.54, 1.807) is 10.9 Å². The van der Waals surface area contributed by atoms with Crippen LogP contribution in [0.2, 0.25) is 0 Å². The fourth-order valence-electron chi connectivity index (χ4n) is 3.76. The van der Waals surface area contributed by atoms with Crippen LogP contribution < -0.4 is 5.32 Å². The summed E-state index contributed by atoms with van der Waals surface area (Å²) in [4.78, 5) is 12.9. The Kier molecular flexibility index (Phi) is 6.49. The molecule has 3 aromatic heterocycles. The highest BCUT2D eigenvalue weighted by molar-refractivity contribution is 7.99. The predicted octanol–water partition coefficient (Wildman–Crippen LogP) is 5.12. The number of amides is 1. The van der Waals surface area contributed by atoms with Crippen LogP contribution in [0.5, 0.6) is 0 Å². The lowest BCUT2D eigenvalue weighted by Crippen LogP contribution is -2.17. The normalized spacial score (nSPS) is 11.0. The Morgan fingerprint density at radius 3 is 2.63 bits per heavy atom. The van der Waals surface area contributed by atoms with Gasteiger partial charge in [-0.25, -0.2) is 4.68 Å². The molecule has 0 aliphatic carbocycles. The second-order valence-corrected chi connectivity index (χ2v) is 9.04. The van der Waals surface area contributed by atoms with Crippen molar-refractivity contribution in [3.63, 3.8) is 0 Å². The highest BCUT2D eigenvalue weighted by Crippen LogP contribution is 2.26.